The molecule has 176 valence electrons. The molecule has 3 amide bonds. The Morgan fingerprint density at radius 3 is 2.48 bits per heavy atom. The number of benzene rings is 2. The second-order valence-electron chi connectivity index (χ2n) is 8.82. The molecule has 7 heteroatoms. The molecule has 2 N–H and O–H groups in total. The number of nitrogens with one attached hydrogen (secondary N) is 2. The average Bonchev–Trinajstić information content (AvgIpc) is 2.87. The number of fused-ring (bicyclic) bond motifs is 1. The Morgan fingerprint density at radius 2 is 1.73 bits per heavy atom. The van der Waals surface area contributed by atoms with Crippen LogP contribution in [-0.4, -0.2) is 43.6 Å². The number of piperidine rings is 1. The van der Waals surface area contributed by atoms with Crippen molar-refractivity contribution in [2.75, 3.05) is 26.1 Å². The maximum atomic E-state index is 13.4. The van der Waals surface area contributed by atoms with Crippen LogP contribution in [0.2, 0.25) is 0 Å². The molecule has 7 nitrogen and oxygen atoms in total. The number of likely N-dealkylation sites (tertiary alicyclic amines) is 1. The number of hydrogen-bond donors (Lipinski definition) is 2. The van der Waals surface area contributed by atoms with Crippen molar-refractivity contribution in [2.45, 2.75) is 51.1 Å². The lowest BCUT2D eigenvalue weighted by atomic mass is 9.78. The van der Waals surface area contributed by atoms with Crippen molar-refractivity contribution in [3.63, 3.8) is 0 Å². The number of hydrogen-bond acceptors (Lipinski definition) is 4. The van der Waals surface area contributed by atoms with Crippen molar-refractivity contribution >= 4 is 17.6 Å². The molecule has 2 aromatic rings. The second kappa shape index (κ2) is 10.6. The number of nitrogens with zero attached hydrogens (tertiary/aromatic N) is 1. The van der Waals surface area contributed by atoms with Gasteiger partial charge in [-0.1, -0.05) is 25.0 Å². The number of anilines is 1. The molecule has 0 unspecified atom stereocenters. The number of ether oxygens (including phenoxy) is 2. The third kappa shape index (κ3) is 5.41. The van der Waals surface area contributed by atoms with Crippen LogP contribution in [0.15, 0.2) is 42.5 Å². The first-order chi connectivity index (χ1) is 16.1. The summed E-state index contributed by atoms with van der Waals surface area (Å²) in [6.45, 7) is 1.19. The molecule has 1 saturated carbocycles. The lowest BCUT2D eigenvalue weighted by Crippen LogP contribution is -2.49. The van der Waals surface area contributed by atoms with Gasteiger partial charge in [0.15, 0.2) is 0 Å². The van der Waals surface area contributed by atoms with E-state index in [1.165, 1.54) is 25.7 Å². The smallest absolute Gasteiger partial charge is 0.319 e. The van der Waals surface area contributed by atoms with Crippen molar-refractivity contribution in [2.24, 2.45) is 5.92 Å². The Kier molecular flexibility index (Phi) is 7.37. The van der Waals surface area contributed by atoms with Gasteiger partial charge < -0.3 is 25.0 Å². The fraction of sp³-hybridized carbons (Fsp3) is 0.462. The van der Waals surface area contributed by atoms with Gasteiger partial charge in [-0.2, -0.15) is 0 Å². The quantitative estimate of drug-likeness (QED) is 0.660. The molecule has 0 aromatic heterocycles. The highest BCUT2D eigenvalue weighted by molar-refractivity contribution is 5.98. The minimum atomic E-state index is -0.326. The zero-order valence-corrected chi connectivity index (χ0v) is 19.4. The second-order valence-corrected chi connectivity index (χ2v) is 8.82. The molecular formula is C26H33N3O4. The lowest BCUT2D eigenvalue weighted by molar-refractivity contribution is 0.0388. The topological polar surface area (TPSA) is 79.9 Å². The minimum Gasteiger partial charge on any atom is -0.497 e. The normalized spacial score (nSPS) is 19.9. The highest BCUT2D eigenvalue weighted by Gasteiger charge is 2.36. The maximum absolute atomic E-state index is 13.4. The van der Waals surface area contributed by atoms with Crippen LogP contribution in [0, 0.1) is 5.92 Å². The fourth-order valence-corrected chi connectivity index (χ4v) is 5.08. The van der Waals surface area contributed by atoms with E-state index in [0.717, 1.165) is 30.7 Å². The summed E-state index contributed by atoms with van der Waals surface area (Å²) < 4.78 is 10.7. The summed E-state index contributed by atoms with van der Waals surface area (Å²) in [7, 11) is 3.17. The van der Waals surface area contributed by atoms with Crippen LogP contribution in [0.5, 0.6) is 11.5 Å². The predicted octanol–water partition coefficient (Wildman–Crippen LogP) is 4.82. The summed E-state index contributed by atoms with van der Waals surface area (Å²) in [5.41, 5.74) is 2.09. The number of urea groups is 1. The van der Waals surface area contributed by atoms with Gasteiger partial charge in [0, 0.05) is 30.9 Å². The zero-order valence-electron chi connectivity index (χ0n) is 19.4. The van der Waals surface area contributed by atoms with Crippen molar-refractivity contribution in [3.8, 4) is 11.5 Å². The molecule has 1 saturated heterocycles. The first-order valence-electron chi connectivity index (χ1n) is 11.8. The lowest BCUT2D eigenvalue weighted by Gasteiger charge is -2.44. The Bertz CT molecular complexity index is 974. The van der Waals surface area contributed by atoms with E-state index in [-0.39, 0.29) is 11.9 Å². The highest BCUT2D eigenvalue weighted by atomic mass is 16.5. The molecule has 2 fully saturated rings. The van der Waals surface area contributed by atoms with E-state index >= 15 is 0 Å². The molecule has 0 radical (unpaired) electrons. The van der Waals surface area contributed by atoms with Gasteiger partial charge in [0.2, 0.25) is 0 Å². The monoisotopic (exact) mass is 451 g/mol. The number of carbonyl (C=O) groups is 2. The van der Waals surface area contributed by atoms with Gasteiger partial charge in [-0.05, 0) is 61.4 Å². The van der Waals surface area contributed by atoms with Crippen molar-refractivity contribution in [1.29, 1.82) is 0 Å². The summed E-state index contributed by atoms with van der Waals surface area (Å²) in [4.78, 5) is 27.8. The Labute approximate surface area is 195 Å². The van der Waals surface area contributed by atoms with E-state index in [4.69, 9.17) is 9.47 Å². The zero-order chi connectivity index (χ0) is 23.2. The van der Waals surface area contributed by atoms with E-state index < -0.39 is 0 Å². The summed E-state index contributed by atoms with van der Waals surface area (Å²) in [6, 6.07) is 12.8. The molecular weight excluding hydrogens is 418 g/mol. The molecule has 33 heavy (non-hydrogen) atoms. The van der Waals surface area contributed by atoms with Crippen LogP contribution in [0.3, 0.4) is 0 Å². The predicted molar refractivity (Wildman–Crippen MR) is 128 cm³/mol. The Hall–Kier alpha value is -3.22. The third-order valence-electron chi connectivity index (χ3n) is 6.81. The van der Waals surface area contributed by atoms with Crippen LogP contribution >= 0.6 is 0 Å². The molecule has 2 atom stereocenters. The summed E-state index contributed by atoms with van der Waals surface area (Å²) >= 11 is 0. The number of carbonyl (C=O) groups excluding carboxylic acids is 2. The average molecular weight is 452 g/mol. The fourth-order valence-electron chi connectivity index (χ4n) is 5.08. The van der Waals surface area contributed by atoms with Gasteiger partial charge in [0.1, 0.15) is 11.5 Å². The maximum Gasteiger partial charge on any atom is 0.319 e. The molecule has 2 aromatic carbocycles. The molecule has 1 heterocycles. The van der Waals surface area contributed by atoms with Gasteiger partial charge >= 0.3 is 6.03 Å². The van der Waals surface area contributed by atoms with Gasteiger partial charge in [-0.3, -0.25) is 4.79 Å². The van der Waals surface area contributed by atoms with E-state index in [0.29, 0.717) is 35.5 Å². The van der Waals surface area contributed by atoms with Crippen LogP contribution in [0.4, 0.5) is 10.5 Å². The number of methoxy groups -OCH3 is 2. The first-order valence-corrected chi connectivity index (χ1v) is 11.8. The standard InChI is InChI=1S/C26H33N3O4/c1-32-21-12-9-18(10-13-21)17-27-26(31)28-20-11-14-22(24(16-20)33-2)25(30)29-15-5-7-19-6-3-4-8-23(19)29/h9-14,16,19,23H,3-8,15,17H2,1-2H3,(H2,27,28,31)/t19-,23-/m1/s1. The summed E-state index contributed by atoms with van der Waals surface area (Å²) in [6.07, 6.45) is 7.06. The Morgan fingerprint density at radius 1 is 0.970 bits per heavy atom. The van der Waals surface area contributed by atoms with Gasteiger partial charge in [-0.15, -0.1) is 0 Å². The van der Waals surface area contributed by atoms with Gasteiger partial charge in [-0.25, -0.2) is 4.79 Å². The molecule has 1 aliphatic carbocycles. The molecule has 1 aliphatic heterocycles. The number of rotatable bonds is 6. The van der Waals surface area contributed by atoms with Gasteiger partial charge in [0.25, 0.3) is 5.91 Å². The van der Waals surface area contributed by atoms with Crippen molar-refractivity contribution < 1.29 is 19.1 Å². The summed E-state index contributed by atoms with van der Waals surface area (Å²) in [5, 5.41) is 5.66. The van der Waals surface area contributed by atoms with E-state index in [1.807, 2.05) is 24.3 Å². The SMILES string of the molecule is COc1ccc(CNC(=O)Nc2ccc(C(=O)N3CCC[C@H]4CCCC[C@H]43)c(OC)c2)cc1. The van der Waals surface area contributed by atoms with Crippen LogP contribution in [-0.2, 0) is 6.54 Å². The van der Waals surface area contributed by atoms with Gasteiger partial charge in [0.05, 0.1) is 19.8 Å². The van der Waals surface area contributed by atoms with Crippen LogP contribution in [0.25, 0.3) is 0 Å². The largest absolute Gasteiger partial charge is 0.497 e. The summed E-state index contributed by atoms with van der Waals surface area (Å²) in [5.74, 6) is 1.90. The molecule has 0 spiro atoms. The van der Waals surface area contributed by atoms with Crippen molar-refractivity contribution in [3.05, 3.63) is 53.6 Å². The van der Waals surface area contributed by atoms with E-state index in [9.17, 15) is 9.59 Å². The van der Waals surface area contributed by atoms with E-state index in [1.54, 1.807) is 32.4 Å². The molecule has 0 bridgehead atoms. The first kappa shape index (κ1) is 23.0. The Balaban J connectivity index is 1.39. The minimum absolute atomic E-state index is 0.0268. The van der Waals surface area contributed by atoms with E-state index in [2.05, 4.69) is 15.5 Å². The number of amides is 3. The highest BCUT2D eigenvalue weighted by Crippen LogP contribution is 2.37. The van der Waals surface area contributed by atoms with Crippen molar-refractivity contribution in [1.82, 2.24) is 10.2 Å². The molecule has 2 aliphatic rings. The molecule has 4 rings (SSSR count). The van der Waals surface area contributed by atoms with Crippen LogP contribution in [0.1, 0.15) is 54.4 Å². The van der Waals surface area contributed by atoms with Crippen LogP contribution < -0.4 is 20.1 Å². The third-order valence-corrected chi connectivity index (χ3v) is 6.81.